The van der Waals surface area contributed by atoms with Gasteiger partial charge >= 0.3 is 6.18 Å². The fourth-order valence-electron chi connectivity index (χ4n) is 1.47. The van der Waals surface area contributed by atoms with Crippen LogP contribution in [-0.2, 0) is 12.7 Å². The third kappa shape index (κ3) is 2.48. The van der Waals surface area contributed by atoms with Gasteiger partial charge in [-0.2, -0.15) is 18.3 Å². The largest absolute Gasteiger partial charge is 0.435 e. The van der Waals surface area contributed by atoms with E-state index >= 15 is 0 Å². The Labute approximate surface area is 101 Å². The second-order valence-corrected chi connectivity index (χ2v) is 3.55. The predicted molar refractivity (Wildman–Crippen MR) is 56.9 cm³/mol. The molecule has 0 fully saturated rings. The Kier molecular flexibility index (Phi) is 3.28. The van der Waals surface area contributed by atoms with Gasteiger partial charge in [-0.05, 0) is 13.1 Å². The Balaban J connectivity index is 2.40. The average Bonchev–Trinajstić information content (AvgIpc) is 2.79. The van der Waals surface area contributed by atoms with E-state index in [1.807, 2.05) is 0 Å². The number of hydrogen-bond acceptors (Lipinski definition) is 4. The first-order chi connectivity index (χ1) is 8.52. The topological polar surface area (TPSA) is 55.6 Å². The summed E-state index contributed by atoms with van der Waals surface area (Å²) in [6, 6.07) is 0.908. The number of nitrogens with zero attached hydrogens (tertiary/aromatic N) is 4. The highest BCUT2D eigenvalue weighted by Gasteiger charge is 2.33. The van der Waals surface area contributed by atoms with Crippen molar-refractivity contribution in [3.8, 4) is 5.82 Å². The molecule has 2 heterocycles. The van der Waals surface area contributed by atoms with Crippen LogP contribution in [0.25, 0.3) is 5.82 Å². The lowest BCUT2D eigenvalue weighted by Gasteiger charge is -2.07. The van der Waals surface area contributed by atoms with Gasteiger partial charge in [-0.1, -0.05) is 0 Å². The van der Waals surface area contributed by atoms with Crippen LogP contribution in [0.2, 0.25) is 0 Å². The van der Waals surface area contributed by atoms with E-state index in [-0.39, 0.29) is 0 Å². The van der Waals surface area contributed by atoms with E-state index in [9.17, 15) is 13.2 Å². The van der Waals surface area contributed by atoms with Crippen molar-refractivity contribution < 1.29 is 13.2 Å². The lowest BCUT2D eigenvalue weighted by Crippen LogP contribution is -2.12. The summed E-state index contributed by atoms with van der Waals surface area (Å²) in [4.78, 5) is 7.78. The molecule has 0 aliphatic carbocycles. The smallest absolute Gasteiger partial charge is 0.315 e. The lowest BCUT2D eigenvalue weighted by molar-refractivity contribution is -0.141. The summed E-state index contributed by atoms with van der Waals surface area (Å²) in [6.07, 6.45) is -0.428. The van der Waals surface area contributed by atoms with Crippen molar-refractivity contribution in [1.29, 1.82) is 0 Å². The van der Waals surface area contributed by atoms with Gasteiger partial charge in [0.1, 0.15) is 6.33 Å². The molecule has 8 heteroatoms. The summed E-state index contributed by atoms with van der Waals surface area (Å²) < 4.78 is 38.4. The molecule has 0 bridgehead atoms. The van der Waals surface area contributed by atoms with E-state index in [1.165, 1.54) is 18.7 Å². The molecule has 2 aromatic rings. The Bertz CT molecular complexity index is 534. The first-order valence-electron chi connectivity index (χ1n) is 5.09. The molecule has 2 rings (SSSR count). The fourth-order valence-corrected chi connectivity index (χ4v) is 1.47. The number of halogens is 3. The van der Waals surface area contributed by atoms with Crippen LogP contribution in [0.5, 0.6) is 0 Å². The van der Waals surface area contributed by atoms with E-state index < -0.39 is 11.9 Å². The van der Waals surface area contributed by atoms with E-state index in [2.05, 4.69) is 20.4 Å². The lowest BCUT2D eigenvalue weighted by atomic mass is 10.3. The summed E-state index contributed by atoms with van der Waals surface area (Å²) >= 11 is 0. The maximum atomic E-state index is 12.4. The van der Waals surface area contributed by atoms with Crippen molar-refractivity contribution in [3.05, 3.63) is 36.0 Å². The summed E-state index contributed by atoms with van der Waals surface area (Å²) in [7, 11) is 1.72. The van der Waals surface area contributed by atoms with Crippen LogP contribution in [0.4, 0.5) is 13.2 Å². The van der Waals surface area contributed by atoms with E-state index in [1.54, 1.807) is 7.05 Å². The molecule has 0 saturated carbocycles. The molecule has 0 saturated heterocycles. The zero-order valence-electron chi connectivity index (χ0n) is 9.44. The number of rotatable bonds is 3. The molecule has 0 radical (unpaired) electrons. The second kappa shape index (κ2) is 4.73. The van der Waals surface area contributed by atoms with E-state index in [4.69, 9.17) is 0 Å². The maximum Gasteiger partial charge on any atom is 0.435 e. The summed E-state index contributed by atoms with van der Waals surface area (Å²) in [5.41, 5.74) is -0.284. The molecular formula is C10H10F3N5. The van der Waals surface area contributed by atoms with E-state index in [0.717, 1.165) is 10.7 Å². The summed E-state index contributed by atoms with van der Waals surface area (Å²) in [5.74, 6) is 0.329. The van der Waals surface area contributed by atoms with Gasteiger partial charge in [0.05, 0.1) is 0 Å². The van der Waals surface area contributed by atoms with E-state index in [0.29, 0.717) is 17.9 Å². The molecular weight excluding hydrogens is 247 g/mol. The number of hydrogen-bond donors (Lipinski definition) is 1. The third-order valence-corrected chi connectivity index (χ3v) is 2.23. The SMILES string of the molecule is CNCc1cncnc1-n1ccc(C(F)(F)F)n1. The van der Waals surface area contributed by atoms with Crippen molar-refractivity contribution in [2.75, 3.05) is 7.05 Å². The standard InChI is InChI=1S/C10H10F3N5/c1-14-4-7-5-15-6-16-9(7)18-3-2-8(17-18)10(11,12)13/h2-3,5-6,14H,4H2,1H3. The van der Waals surface area contributed by atoms with Crippen LogP contribution in [0, 0.1) is 0 Å². The van der Waals surface area contributed by atoms with Crippen LogP contribution in [-0.4, -0.2) is 26.8 Å². The molecule has 0 aliphatic rings. The van der Waals surface area contributed by atoms with Crippen LogP contribution < -0.4 is 5.32 Å². The van der Waals surface area contributed by atoms with Crippen molar-refractivity contribution in [1.82, 2.24) is 25.1 Å². The van der Waals surface area contributed by atoms with Crippen LogP contribution in [0.3, 0.4) is 0 Å². The highest BCUT2D eigenvalue weighted by molar-refractivity contribution is 5.30. The van der Waals surface area contributed by atoms with Gasteiger partial charge < -0.3 is 5.32 Å². The fraction of sp³-hybridized carbons (Fsp3) is 0.300. The molecule has 18 heavy (non-hydrogen) atoms. The summed E-state index contributed by atoms with van der Waals surface area (Å²) in [5, 5.41) is 6.36. The van der Waals surface area contributed by atoms with Crippen LogP contribution >= 0.6 is 0 Å². The highest BCUT2D eigenvalue weighted by Crippen LogP contribution is 2.27. The zero-order chi connectivity index (χ0) is 13.2. The first-order valence-corrected chi connectivity index (χ1v) is 5.09. The number of aromatic nitrogens is 4. The molecule has 5 nitrogen and oxygen atoms in total. The Morgan fingerprint density at radius 1 is 1.39 bits per heavy atom. The van der Waals surface area contributed by atoms with Crippen molar-refractivity contribution in [3.63, 3.8) is 0 Å². The predicted octanol–water partition coefficient (Wildman–Crippen LogP) is 1.40. The van der Waals surface area contributed by atoms with Gasteiger partial charge in [0.25, 0.3) is 0 Å². The Hall–Kier alpha value is -1.96. The molecule has 96 valence electrons. The minimum atomic E-state index is -4.46. The zero-order valence-corrected chi connectivity index (χ0v) is 9.44. The molecule has 0 unspecified atom stereocenters. The molecule has 0 spiro atoms. The third-order valence-electron chi connectivity index (χ3n) is 2.23. The van der Waals surface area contributed by atoms with Gasteiger partial charge in [-0.3, -0.25) is 0 Å². The Morgan fingerprint density at radius 2 is 2.17 bits per heavy atom. The minimum absolute atomic E-state index is 0.329. The number of nitrogens with one attached hydrogen (secondary N) is 1. The van der Waals surface area contributed by atoms with Crippen molar-refractivity contribution >= 4 is 0 Å². The van der Waals surface area contributed by atoms with Crippen molar-refractivity contribution in [2.45, 2.75) is 12.7 Å². The minimum Gasteiger partial charge on any atom is -0.315 e. The molecule has 0 aliphatic heterocycles. The van der Waals surface area contributed by atoms with Gasteiger partial charge in [0.15, 0.2) is 11.5 Å². The quantitative estimate of drug-likeness (QED) is 0.903. The normalized spacial score (nSPS) is 11.8. The van der Waals surface area contributed by atoms with Gasteiger partial charge in [-0.25, -0.2) is 14.6 Å². The molecule has 0 amide bonds. The van der Waals surface area contributed by atoms with Crippen molar-refractivity contribution in [2.24, 2.45) is 0 Å². The van der Waals surface area contributed by atoms with Crippen LogP contribution in [0.15, 0.2) is 24.8 Å². The number of alkyl halides is 3. The Morgan fingerprint density at radius 3 is 2.78 bits per heavy atom. The summed E-state index contributed by atoms with van der Waals surface area (Å²) in [6.45, 7) is 0.442. The second-order valence-electron chi connectivity index (χ2n) is 3.55. The molecule has 2 aromatic heterocycles. The monoisotopic (exact) mass is 257 g/mol. The molecule has 0 aromatic carbocycles. The van der Waals surface area contributed by atoms with Gasteiger partial charge in [0, 0.05) is 24.5 Å². The van der Waals surface area contributed by atoms with Gasteiger partial charge in [-0.15, -0.1) is 0 Å². The van der Waals surface area contributed by atoms with Crippen LogP contribution in [0.1, 0.15) is 11.3 Å². The molecule has 1 N–H and O–H groups in total. The average molecular weight is 257 g/mol. The molecule has 0 atom stereocenters. The highest BCUT2D eigenvalue weighted by atomic mass is 19.4. The maximum absolute atomic E-state index is 12.4. The van der Waals surface area contributed by atoms with Gasteiger partial charge in [0.2, 0.25) is 0 Å². The first kappa shape index (κ1) is 12.5.